The zero-order valence-electron chi connectivity index (χ0n) is 17.4. The van der Waals surface area contributed by atoms with E-state index in [-0.39, 0.29) is 22.8 Å². The molecule has 6 nitrogen and oxygen atoms in total. The predicted octanol–water partition coefficient (Wildman–Crippen LogP) is 5.13. The summed E-state index contributed by atoms with van der Waals surface area (Å²) in [5.74, 6) is 0.380. The fourth-order valence-electron chi connectivity index (χ4n) is 4.69. The fraction of sp³-hybridized carbons (Fsp3) is 0.348. The van der Waals surface area contributed by atoms with Gasteiger partial charge in [-0.05, 0) is 43.1 Å². The van der Waals surface area contributed by atoms with E-state index in [0.29, 0.717) is 17.4 Å². The molecule has 3 heterocycles. The summed E-state index contributed by atoms with van der Waals surface area (Å²) in [6.07, 6.45) is 5.57. The number of benzene rings is 2. The van der Waals surface area contributed by atoms with Crippen LogP contribution in [-0.2, 0) is 10.0 Å². The van der Waals surface area contributed by atoms with Crippen molar-refractivity contribution < 1.29 is 17.5 Å². The minimum absolute atomic E-state index is 0.125. The van der Waals surface area contributed by atoms with Crippen molar-refractivity contribution in [2.45, 2.75) is 42.7 Å². The Morgan fingerprint density at radius 2 is 1.94 bits per heavy atom. The van der Waals surface area contributed by atoms with Gasteiger partial charge in [0.2, 0.25) is 0 Å². The van der Waals surface area contributed by atoms with Crippen LogP contribution in [-0.4, -0.2) is 31.5 Å². The summed E-state index contributed by atoms with van der Waals surface area (Å²) >= 11 is 1.23. The van der Waals surface area contributed by atoms with Gasteiger partial charge in [0.05, 0.1) is 23.2 Å². The highest BCUT2D eigenvalue weighted by Crippen LogP contribution is 2.44. The number of piperidine rings is 1. The van der Waals surface area contributed by atoms with E-state index < -0.39 is 10.0 Å². The zero-order chi connectivity index (χ0) is 22.1. The lowest BCUT2D eigenvalue weighted by Gasteiger charge is -2.43. The maximum atomic E-state index is 13.5. The number of likely N-dealkylation sites (tertiary alicyclic amines) is 1. The van der Waals surface area contributed by atoms with Gasteiger partial charge in [-0.15, -0.1) is 11.3 Å². The van der Waals surface area contributed by atoms with Gasteiger partial charge >= 0.3 is 0 Å². The number of hydrogen-bond acceptors (Lipinski definition) is 6. The Hall–Kier alpha value is -2.49. The van der Waals surface area contributed by atoms with Crippen LogP contribution in [0.4, 0.5) is 9.39 Å². The molecule has 1 fully saturated rings. The van der Waals surface area contributed by atoms with Crippen LogP contribution in [0.1, 0.15) is 48.9 Å². The number of fused-ring (bicyclic) bond motifs is 1. The first-order chi connectivity index (χ1) is 15.5. The molecule has 1 saturated heterocycles. The molecule has 1 aromatic heterocycles. The highest BCUT2D eigenvalue weighted by Gasteiger charge is 2.34. The predicted molar refractivity (Wildman–Crippen MR) is 122 cm³/mol. The number of thiazole rings is 1. The molecule has 2 aromatic carbocycles. The van der Waals surface area contributed by atoms with Gasteiger partial charge in [-0.25, -0.2) is 12.8 Å². The minimum atomic E-state index is -3.73. The monoisotopic (exact) mass is 473 g/mol. The van der Waals surface area contributed by atoms with Crippen LogP contribution in [0.5, 0.6) is 5.75 Å². The standard InChI is InChI=1S/C23H24FN3O3S2/c24-17-6-4-16(5-7-17)20-3-1-2-11-27(20)21-10-12-30-22-13-18(8-9-19(21)22)32(28,29)26-23-14-25-15-31-23/h4-9,13-15,20-21,26H,1-3,10-12H2/t20-,21-/m0/s1. The molecule has 1 N–H and O–H groups in total. The van der Waals surface area contributed by atoms with Crippen molar-refractivity contribution in [2.24, 2.45) is 0 Å². The van der Waals surface area contributed by atoms with Gasteiger partial charge in [-0.2, -0.15) is 0 Å². The van der Waals surface area contributed by atoms with E-state index in [1.807, 2.05) is 18.2 Å². The van der Waals surface area contributed by atoms with Crippen molar-refractivity contribution in [3.8, 4) is 5.75 Å². The van der Waals surface area contributed by atoms with Crippen LogP contribution in [0.15, 0.2) is 59.1 Å². The first kappa shape index (κ1) is 21.4. The summed E-state index contributed by atoms with van der Waals surface area (Å²) < 4.78 is 47.5. The molecule has 5 rings (SSSR count). The summed E-state index contributed by atoms with van der Waals surface area (Å²) in [5, 5.41) is 0.469. The molecule has 0 radical (unpaired) electrons. The molecule has 168 valence electrons. The number of aromatic nitrogens is 1. The number of anilines is 1. The molecule has 2 aliphatic rings. The second-order valence-corrected chi connectivity index (χ2v) is 10.7. The van der Waals surface area contributed by atoms with Gasteiger partial charge in [0.15, 0.2) is 0 Å². The minimum Gasteiger partial charge on any atom is -0.493 e. The van der Waals surface area contributed by atoms with Gasteiger partial charge in [-0.1, -0.05) is 24.6 Å². The van der Waals surface area contributed by atoms with Crippen molar-refractivity contribution in [2.75, 3.05) is 17.9 Å². The lowest BCUT2D eigenvalue weighted by atomic mass is 9.89. The highest BCUT2D eigenvalue weighted by molar-refractivity contribution is 7.93. The van der Waals surface area contributed by atoms with Crippen molar-refractivity contribution in [1.82, 2.24) is 9.88 Å². The molecule has 0 amide bonds. The second kappa shape index (κ2) is 8.80. The summed E-state index contributed by atoms with van der Waals surface area (Å²) in [7, 11) is -3.73. The first-order valence-electron chi connectivity index (χ1n) is 10.7. The van der Waals surface area contributed by atoms with E-state index in [1.165, 1.54) is 29.7 Å². The lowest BCUT2D eigenvalue weighted by Crippen LogP contribution is -2.38. The number of sulfonamides is 1. The van der Waals surface area contributed by atoms with Crippen molar-refractivity contribution in [3.63, 3.8) is 0 Å². The van der Waals surface area contributed by atoms with Crippen LogP contribution in [0.3, 0.4) is 0 Å². The quantitative estimate of drug-likeness (QED) is 0.556. The third kappa shape index (κ3) is 4.24. The molecule has 32 heavy (non-hydrogen) atoms. The van der Waals surface area contributed by atoms with Gasteiger partial charge < -0.3 is 4.74 Å². The van der Waals surface area contributed by atoms with E-state index in [9.17, 15) is 12.8 Å². The molecule has 2 aliphatic heterocycles. The molecule has 0 aliphatic carbocycles. The molecule has 0 bridgehead atoms. The third-order valence-corrected chi connectivity index (χ3v) is 8.35. The maximum Gasteiger partial charge on any atom is 0.262 e. The normalized spacial score (nSPS) is 21.5. The molecule has 0 spiro atoms. The second-order valence-electron chi connectivity index (χ2n) is 8.12. The number of nitrogens with one attached hydrogen (secondary N) is 1. The molecular formula is C23H24FN3O3S2. The van der Waals surface area contributed by atoms with Gasteiger partial charge in [0, 0.05) is 30.1 Å². The summed E-state index contributed by atoms with van der Waals surface area (Å²) in [6, 6.07) is 12.2. The van der Waals surface area contributed by atoms with Gasteiger partial charge in [0.25, 0.3) is 10.0 Å². The van der Waals surface area contributed by atoms with Crippen LogP contribution in [0, 0.1) is 5.82 Å². The van der Waals surface area contributed by atoms with Gasteiger partial charge in [0.1, 0.15) is 16.6 Å². The molecule has 9 heteroatoms. The van der Waals surface area contributed by atoms with Crippen LogP contribution >= 0.6 is 11.3 Å². The Balaban J connectivity index is 1.44. The average Bonchev–Trinajstić information content (AvgIpc) is 3.31. The number of rotatable bonds is 5. The van der Waals surface area contributed by atoms with Crippen LogP contribution in [0.2, 0.25) is 0 Å². The number of nitrogens with zero attached hydrogens (tertiary/aromatic N) is 2. The van der Waals surface area contributed by atoms with E-state index in [1.54, 1.807) is 17.6 Å². The number of hydrogen-bond donors (Lipinski definition) is 1. The highest BCUT2D eigenvalue weighted by atomic mass is 32.2. The smallest absolute Gasteiger partial charge is 0.262 e. The third-order valence-electron chi connectivity index (χ3n) is 6.17. The van der Waals surface area contributed by atoms with E-state index in [2.05, 4.69) is 14.6 Å². The SMILES string of the molecule is O=S(=O)(Nc1cncs1)c1ccc2c(c1)OCC[C@@H]2N1CCCC[C@H]1c1ccc(F)cc1. The summed E-state index contributed by atoms with van der Waals surface area (Å²) in [5.41, 5.74) is 3.70. The van der Waals surface area contributed by atoms with Crippen LogP contribution in [0.25, 0.3) is 0 Å². The zero-order valence-corrected chi connectivity index (χ0v) is 19.0. The Labute approximate surface area is 191 Å². The molecular weight excluding hydrogens is 449 g/mol. The van der Waals surface area contributed by atoms with E-state index in [4.69, 9.17) is 4.74 Å². The Morgan fingerprint density at radius 1 is 1.09 bits per heavy atom. The number of ether oxygens (including phenoxy) is 1. The van der Waals surface area contributed by atoms with Crippen molar-refractivity contribution in [3.05, 3.63) is 71.1 Å². The molecule has 0 saturated carbocycles. The summed E-state index contributed by atoms with van der Waals surface area (Å²) in [4.78, 5) is 6.55. The van der Waals surface area contributed by atoms with Crippen molar-refractivity contribution in [1.29, 1.82) is 0 Å². The van der Waals surface area contributed by atoms with E-state index >= 15 is 0 Å². The largest absolute Gasteiger partial charge is 0.493 e. The Kier molecular flexibility index (Phi) is 5.88. The number of halogens is 1. The fourth-order valence-corrected chi connectivity index (χ4v) is 6.51. The maximum absolute atomic E-state index is 13.5. The van der Waals surface area contributed by atoms with Crippen molar-refractivity contribution >= 4 is 26.4 Å². The Morgan fingerprint density at radius 3 is 2.72 bits per heavy atom. The Bertz CT molecular complexity index is 1180. The average molecular weight is 474 g/mol. The molecule has 2 atom stereocenters. The van der Waals surface area contributed by atoms with E-state index in [0.717, 1.165) is 43.4 Å². The first-order valence-corrected chi connectivity index (χ1v) is 13.1. The molecule has 0 unspecified atom stereocenters. The lowest BCUT2D eigenvalue weighted by molar-refractivity contribution is 0.0668. The summed E-state index contributed by atoms with van der Waals surface area (Å²) in [6.45, 7) is 1.47. The van der Waals surface area contributed by atoms with Gasteiger partial charge in [-0.3, -0.25) is 14.6 Å². The van der Waals surface area contributed by atoms with Crippen LogP contribution < -0.4 is 9.46 Å². The topological polar surface area (TPSA) is 71.5 Å². The molecule has 3 aromatic rings.